The molecule has 0 saturated carbocycles. The molecule has 7 heteroatoms. The topological polar surface area (TPSA) is 91.3 Å². The number of carboxylic acid groups (broad SMARTS) is 1. The van der Waals surface area contributed by atoms with Gasteiger partial charge in [-0.05, 0) is 42.5 Å². The van der Waals surface area contributed by atoms with Crippen molar-refractivity contribution in [1.82, 2.24) is 0 Å². The fourth-order valence-corrected chi connectivity index (χ4v) is 2.52. The Bertz CT molecular complexity index is 867. The molecular weight excluding hydrogens is 352 g/mol. The van der Waals surface area contributed by atoms with Gasteiger partial charge in [-0.15, -0.1) is 0 Å². The first-order chi connectivity index (χ1) is 13.0. The van der Waals surface area contributed by atoms with Crippen molar-refractivity contribution in [1.29, 1.82) is 0 Å². The van der Waals surface area contributed by atoms with E-state index >= 15 is 0 Å². The smallest absolute Gasteiger partial charge is 0.339 e. The SMILES string of the molecule is COc1ccc(C(=O)/C(=C/c2ccc(OC)c(OC)c2OC)C(=O)O)cc1. The molecule has 2 rings (SSSR count). The number of ketones is 1. The van der Waals surface area contributed by atoms with Crippen LogP contribution in [0.4, 0.5) is 0 Å². The van der Waals surface area contributed by atoms with Gasteiger partial charge >= 0.3 is 5.97 Å². The third kappa shape index (κ3) is 4.20. The van der Waals surface area contributed by atoms with Gasteiger partial charge in [0.25, 0.3) is 0 Å². The van der Waals surface area contributed by atoms with E-state index in [1.54, 1.807) is 24.3 Å². The second-order valence-electron chi connectivity index (χ2n) is 5.34. The summed E-state index contributed by atoms with van der Waals surface area (Å²) >= 11 is 0. The van der Waals surface area contributed by atoms with Gasteiger partial charge in [-0.1, -0.05) is 0 Å². The molecule has 142 valence electrons. The lowest BCUT2D eigenvalue weighted by Gasteiger charge is -2.14. The molecule has 0 atom stereocenters. The van der Waals surface area contributed by atoms with E-state index in [-0.39, 0.29) is 11.3 Å². The van der Waals surface area contributed by atoms with E-state index in [0.717, 1.165) is 0 Å². The summed E-state index contributed by atoms with van der Waals surface area (Å²) in [6.07, 6.45) is 1.25. The zero-order valence-corrected chi connectivity index (χ0v) is 15.4. The summed E-state index contributed by atoms with van der Waals surface area (Å²) in [6.45, 7) is 0. The van der Waals surface area contributed by atoms with Crippen molar-refractivity contribution in [3.63, 3.8) is 0 Å². The number of rotatable bonds is 8. The van der Waals surface area contributed by atoms with Gasteiger partial charge in [0, 0.05) is 11.1 Å². The van der Waals surface area contributed by atoms with Crippen molar-refractivity contribution >= 4 is 17.8 Å². The van der Waals surface area contributed by atoms with Crippen molar-refractivity contribution < 1.29 is 33.6 Å². The quantitative estimate of drug-likeness (QED) is 0.329. The largest absolute Gasteiger partial charge is 0.497 e. The molecule has 0 heterocycles. The molecule has 7 nitrogen and oxygen atoms in total. The minimum atomic E-state index is -1.35. The summed E-state index contributed by atoms with van der Waals surface area (Å²) in [6, 6.07) is 9.37. The van der Waals surface area contributed by atoms with Crippen LogP contribution in [0.1, 0.15) is 15.9 Å². The van der Waals surface area contributed by atoms with Crippen LogP contribution in [-0.2, 0) is 4.79 Å². The standard InChI is InChI=1S/C20H20O7/c1-24-14-8-5-12(6-9-14)17(21)15(20(22)23)11-13-7-10-16(25-2)19(27-4)18(13)26-3/h5-11H,1-4H3,(H,22,23)/b15-11-. The normalized spacial score (nSPS) is 10.9. The molecule has 0 spiro atoms. The van der Waals surface area contributed by atoms with Crippen molar-refractivity contribution in [3.8, 4) is 23.0 Å². The maximum atomic E-state index is 12.7. The van der Waals surface area contributed by atoms with Crippen LogP contribution in [0.2, 0.25) is 0 Å². The molecule has 2 aromatic rings. The monoisotopic (exact) mass is 372 g/mol. The summed E-state index contributed by atoms with van der Waals surface area (Å²) < 4.78 is 20.9. The van der Waals surface area contributed by atoms with Crippen LogP contribution in [-0.4, -0.2) is 45.3 Å². The van der Waals surface area contributed by atoms with Crippen molar-refractivity contribution in [2.24, 2.45) is 0 Å². The van der Waals surface area contributed by atoms with Gasteiger partial charge in [-0.3, -0.25) is 4.79 Å². The van der Waals surface area contributed by atoms with Gasteiger partial charge in [0.1, 0.15) is 11.3 Å². The van der Waals surface area contributed by atoms with Crippen molar-refractivity contribution in [2.45, 2.75) is 0 Å². The number of aliphatic carboxylic acids is 1. The van der Waals surface area contributed by atoms with Gasteiger partial charge in [0.05, 0.1) is 28.4 Å². The molecule has 0 amide bonds. The molecule has 0 aliphatic carbocycles. The second-order valence-corrected chi connectivity index (χ2v) is 5.34. The van der Waals surface area contributed by atoms with Gasteiger partial charge in [0.15, 0.2) is 17.3 Å². The summed E-state index contributed by atoms with van der Waals surface area (Å²) in [4.78, 5) is 24.4. The Kier molecular flexibility index (Phi) is 6.43. The van der Waals surface area contributed by atoms with Gasteiger partial charge in [-0.2, -0.15) is 0 Å². The van der Waals surface area contributed by atoms with Gasteiger partial charge < -0.3 is 24.1 Å². The fourth-order valence-electron chi connectivity index (χ4n) is 2.52. The molecule has 0 unspecified atom stereocenters. The van der Waals surface area contributed by atoms with Crippen LogP contribution in [0.15, 0.2) is 42.0 Å². The van der Waals surface area contributed by atoms with Crippen LogP contribution in [0.5, 0.6) is 23.0 Å². The van der Waals surface area contributed by atoms with Crippen molar-refractivity contribution in [3.05, 3.63) is 53.1 Å². The number of hydrogen-bond acceptors (Lipinski definition) is 6. The van der Waals surface area contributed by atoms with E-state index in [1.165, 1.54) is 46.6 Å². The number of carboxylic acids is 1. The van der Waals surface area contributed by atoms with E-state index in [1.807, 2.05) is 0 Å². The number of methoxy groups -OCH3 is 4. The zero-order valence-electron chi connectivity index (χ0n) is 15.4. The molecule has 0 aromatic heterocycles. The summed E-state index contributed by atoms with van der Waals surface area (Å²) in [7, 11) is 5.83. The molecule has 0 fully saturated rings. The first kappa shape index (κ1) is 19.8. The molecule has 0 aliphatic heterocycles. The van der Waals surface area contributed by atoms with Crippen LogP contribution < -0.4 is 18.9 Å². The molecule has 0 saturated heterocycles. The summed E-state index contributed by atoms with van der Waals surface area (Å²) in [5, 5.41) is 9.55. The van der Waals surface area contributed by atoms with E-state index in [9.17, 15) is 14.7 Å². The minimum Gasteiger partial charge on any atom is -0.497 e. The Morgan fingerprint density at radius 1 is 0.815 bits per heavy atom. The maximum absolute atomic E-state index is 12.7. The number of carbonyl (C=O) groups is 2. The van der Waals surface area contributed by atoms with Crippen LogP contribution in [0.3, 0.4) is 0 Å². The van der Waals surface area contributed by atoms with Crippen LogP contribution in [0.25, 0.3) is 6.08 Å². The highest BCUT2D eigenvalue weighted by atomic mass is 16.5. The first-order valence-corrected chi connectivity index (χ1v) is 7.89. The predicted octanol–water partition coefficient (Wildman–Crippen LogP) is 3.07. The Hall–Kier alpha value is -3.48. The molecule has 0 aliphatic rings. The Labute approximate surface area is 156 Å². The maximum Gasteiger partial charge on any atom is 0.339 e. The second kappa shape index (κ2) is 8.75. The molecule has 0 radical (unpaired) electrons. The van der Waals surface area contributed by atoms with E-state index < -0.39 is 17.3 Å². The number of ether oxygens (including phenoxy) is 4. The molecule has 2 aromatic carbocycles. The third-order valence-electron chi connectivity index (χ3n) is 3.86. The lowest BCUT2D eigenvalue weighted by Crippen LogP contribution is -2.12. The van der Waals surface area contributed by atoms with Crippen LogP contribution >= 0.6 is 0 Å². The highest BCUT2D eigenvalue weighted by Crippen LogP contribution is 2.40. The molecular formula is C20H20O7. The highest BCUT2D eigenvalue weighted by molar-refractivity contribution is 6.26. The number of hydrogen-bond donors (Lipinski definition) is 1. The zero-order chi connectivity index (χ0) is 20.0. The molecule has 0 bridgehead atoms. The summed E-state index contributed by atoms with van der Waals surface area (Å²) in [5.41, 5.74) is 0.184. The lowest BCUT2D eigenvalue weighted by atomic mass is 10.00. The average Bonchev–Trinajstić information content (AvgIpc) is 2.70. The number of benzene rings is 2. The van der Waals surface area contributed by atoms with E-state index in [4.69, 9.17) is 18.9 Å². The van der Waals surface area contributed by atoms with E-state index in [0.29, 0.717) is 22.8 Å². The Morgan fingerprint density at radius 2 is 1.44 bits per heavy atom. The van der Waals surface area contributed by atoms with Crippen LogP contribution in [0, 0.1) is 0 Å². The van der Waals surface area contributed by atoms with Gasteiger partial charge in [0.2, 0.25) is 5.75 Å². The average molecular weight is 372 g/mol. The van der Waals surface area contributed by atoms with Gasteiger partial charge in [-0.25, -0.2) is 4.79 Å². The molecule has 27 heavy (non-hydrogen) atoms. The Morgan fingerprint density at radius 3 is 1.93 bits per heavy atom. The Balaban J connectivity index is 2.54. The number of carbonyl (C=O) groups excluding carboxylic acids is 1. The third-order valence-corrected chi connectivity index (χ3v) is 3.86. The fraction of sp³-hybridized carbons (Fsp3) is 0.200. The highest BCUT2D eigenvalue weighted by Gasteiger charge is 2.22. The number of Topliss-reactive ketones (excluding diaryl/α,β-unsaturated/α-hetero) is 1. The lowest BCUT2D eigenvalue weighted by molar-refractivity contribution is -0.132. The molecule has 1 N–H and O–H groups in total. The van der Waals surface area contributed by atoms with Crippen molar-refractivity contribution in [2.75, 3.05) is 28.4 Å². The summed E-state index contributed by atoms with van der Waals surface area (Å²) in [5.74, 6) is -0.443. The van der Waals surface area contributed by atoms with E-state index in [2.05, 4.69) is 0 Å². The first-order valence-electron chi connectivity index (χ1n) is 7.89. The minimum absolute atomic E-state index is 0.226. The predicted molar refractivity (Wildman–Crippen MR) is 99.0 cm³/mol.